The van der Waals surface area contributed by atoms with Crippen molar-refractivity contribution in [2.45, 2.75) is 13.8 Å². The number of nitrogens with zero attached hydrogens (tertiary/aromatic N) is 2. The molecule has 7 nitrogen and oxygen atoms in total. The van der Waals surface area contributed by atoms with E-state index < -0.39 is 5.76 Å². The van der Waals surface area contributed by atoms with Gasteiger partial charge in [0.1, 0.15) is 5.52 Å². The van der Waals surface area contributed by atoms with Gasteiger partial charge in [0, 0.05) is 34.2 Å². The van der Waals surface area contributed by atoms with Crippen LogP contribution < -0.4 is 17.3 Å². The summed E-state index contributed by atoms with van der Waals surface area (Å²) in [5.41, 5.74) is 10.9. The van der Waals surface area contributed by atoms with Crippen molar-refractivity contribution in [2.24, 2.45) is 5.73 Å². The predicted molar refractivity (Wildman–Crippen MR) is 117 cm³/mol. The van der Waals surface area contributed by atoms with Crippen LogP contribution in [0.5, 0.6) is 0 Å². The molecule has 0 fully saturated rings. The van der Waals surface area contributed by atoms with Gasteiger partial charge in [-0.25, -0.2) is 4.79 Å². The standard InChI is InChI=1S/C23H20N4O3/c1-13(24)20(14(2)28)16-11-18(22-19(12-16)27(25)23(29)30-22)17-9-6-10-26-21(17)15-7-4-3-5-8-15/h3-12H,24-25H2,1-2H3. The minimum atomic E-state index is -0.702. The first-order valence-corrected chi connectivity index (χ1v) is 9.31. The monoisotopic (exact) mass is 400 g/mol. The van der Waals surface area contributed by atoms with Crippen LogP contribution in [0.4, 0.5) is 0 Å². The number of allylic oxidation sites excluding steroid dienone is 2. The van der Waals surface area contributed by atoms with Crippen molar-refractivity contribution >= 4 is 22.5 Å². The van der Waals surface area contributed by atoms with Crippen LogP contribution in [0.1, 0.15) is 19.4 Å². The second kappa shape index (κ2) is 7.36. The molecule has 30 heavy (non-hydrogen) atoms. The fraction of sp³-hybridized carbons (Fsp3) is 0.0870. The fourth-order valence-electron chi connectivity index (χ4n) is 3.64. The lowest BCUT2D eigenvalue weighted by molar-refractivity contribution is -0.111. The molecule has 7 heteroatoms. The predicted octanol–water partition coefficient (Wildman–Crippen LogP) is 3.32. The number of hydrogen-bond acceptors (Lipinski definition) is 6. The summed E-state index contributed by atoms with van der Waals surface area (Å²) in [4.78, 5) is 29.0. The number of pyridine rings is 1. The van der Waals surface area contributed by atoms with Gasteiger partial charge in [0.05, 0.1) is 5.69 Å². The molecule has 4 aromatic rings. The summed E-state index contributed by atoms with van der Waals surface area (Å²) in [5, 5.41) is 0. The Labute approximate surface area is 172 Å². The van der Waals surface area contributed by atoms with Gasteiger partial charge in [0.15, 0.2) is 11.4 Å². The molecular formula is C23H20N4O3. The highest BCUT2D eigenvalue weighted by Crippen LogP contribution is 2.37. The highest BCUT2D eigenvalue weighted by molar-refractivity contribution is 6.21. The van der Waals surface area contributed by atoms with Gasteiger partial charge in [-0.3, -0.25) is 9.78 Å². The van der Waals surface area contributed by atoms with Crippen molar-refractivity contribution < 1.29 is 9.21 Å². The number of hydrogen-bond donors (Lipinski definition) is 2. The molecule has 0 unspecified atom stereocenters. The number of carbonyl (C=O) groups excluding carboxylic acids is 1. The summed E-state index contributed by atoms with van der Waals surface area (Å²) < 4.78 is 6.37. The molecule has 0 atom stereocenters. The van der Waals surface area contributed by atoms with Crippen LogP contribution in [0, 0.1) is 0 Å². The maximum atomic E-state index is 12.3. The Balaban J connectivity index is 2.11. The molecule has 0 aliphatic heterocycles. The Kier molecular flexibility index (Phi) is 4.71. The molecule has 0 saturated heterocycles. The highest BCUT2D eigenvalue weighted by atomic mass is 16.4. The van der Waals surface area contributed by atoms with Gasteiger partial charge in [-0.2, -0.15) is 4.68 Å². The zero-order valence-electron chi connectivity index (χ0n) is 16.5. The minimum absolute atomic E-state index is 0.191. The van der Waals surface area contributed by atoms with E-state index in [4.69, 9.17) is 16.0 Å². The second-order valence-corrected chi connectivity index (χ2v) is 6.99. The van der Waals surface area contributed by atoms with Crippen LogP contribution in [-0.4, -0.2) is 15.4 Å². The van der Waals surface area contributed by atoms with Crippen LogP contribution in [0.2, 0.25) is 0 Å². The Morgan fingerprint density at radius 3 is 2.43 bits per heavy atom. The van der Waals surface area contributed by atoms with Crippen LogP contribution in [-0.2, 0) is 4.79 Å². The van der Waals surface area contributed by atoms with Crippen molar-refractivity contribution in [3.63, 3.8) is 0 Å². The van der Waals surface area contributed by atoms with Crippen molar-refractivity contribution in [1.82, 2.24) is 9.66 Å². The summed E-state index contributed by atoms with van der Waals surface area (Å²) in [5.74, 6) is 5.03. The fourth-order valence-corrected chi connectivity index (χ4v) is 3.64. The lowest BCUT2D eigenvalue weighted by Gasteiger charge is -2.13. The van der Waals surface area contributed by atoms with Crippen LogP contribution in [0.25, 0.3) is 39.1 Å². The Hall–Kier alpha value is -4.13. The minimum Gasteiger partial charge on any atom is -0.406 e. The third kappa shape index (κ3) is 3.16. The first kappa shape index (κ1) is 19.2. The van der Waals surface area contributed by atoms with E-state index in [0.29, 0.717) is 39.2 Å². The average Bonchev–Trinajstić information content (AvgIpc) is 3.02. The van der Waals surface area contributed by atoms with Crippen LogP contribution >= 0.6 is 0 Å². The number of Topliss-reactive ketones (excluding diaryl/α,β-unsaturated/α-hetero) is 1. The van der Waals surface area contributed by atoms with Crippen molar-refractivity contribution in [2.75, 3.05) is 5.84 Å². The zero-order valence-corrected chi connectivity index (χ0v) is 16.5. The Morgan fingerprint density at radius 1 is 1.03 bits per heavy atom. The van der Waals surface area contributed by atoms with Crippen molar-refractivity contribution in [3.8, 4) is 22.4 Å². The number of nitrogen functional groups attached to an aromatic ring is 1. The van der Waals surface area contributed by atoms with Crippen LogP contribution in [0.3, 0.4) is 0 Å². The first-order chi connectivity index (χ1) is 14.4. The molecule has 0 saturated carbocycles. The van der Waals surface area contributed by atoms with E-state index >= 15 is 0 Å². The number of aromatic nitrogens is 2. The molecule has 4 rings (SSSR count). The number of nitrogens with two attached hydrogens (primary N) is 2. The maximum Gasteiger partial charge on any atom is 0.438 e. The normalized spacial score (nSPS) is 12.1. The van der Waals surface area contributed by atoms with Gasteiger partial charge in [-0.1, -0.05) is 36.4 Å². The molecule has 2 aromatic carbocycles. The zero-order chi connectivity index (χ0) is 21.4. The molecule has 2 aromatic heterocycles. The topological polar surface area (TPSA) is 117 Å². The smallest absolute Gasteiger partial charge is 0.406 e. The molecule has 2 heterocycles. The third-order valence-corrected chi connectivity index (χ3v) is 4.90. The SMILES string of the molecule is CC(=O)C(=C(C)N)c1cc(-c2cccnc2-c2ccccc2)c2oc(=O)n(N)c2c1. The lowest BCUT2D eigenvalue weighted by atomic mass is 9.93. The molecule has 0 radical (unpaired) electrons. The number of rotatable bonds is 4. The van der Waals surface area contributed by atoms with Gasteiger partial charge in [-0.05, 0) is 37.6 Å². The molecular weight excluding hydrogens is 380 g/mol. The van der Waals surface area contributed by atoms with Gasteiger partial charge in [-0.15, -0.1) is 0 Å². The largest absolute Gasteiger partial charge is 0.438 e. The van der Waals surface area contributed by atoms with E-state index in [0.717, 1.165) is 15.8 Å². The molecule has 0 bridgehead atoms. The highest BCUT2D eigenvalue weighted by Gasteiger charge is 2.21. The quantitative estimate of drug-likeness (QED) is 0.401. The summed E-state index contributed by atoms with van der Waals surface area (Å²) in [6.07, 6.45) is 1.70. The lowest BCUT2D eigenvalue weighted by Crippen LogP contribution is -2.21. The van der Waals surface area contributed by atoms with Crippen LogP contribution in [0.15, 0.2) is 75.7 Å². The maximum absolute atomic E-state index is 12.3. The number of oxazole rings is 1. The summed E-state index contributed by atoms with van der Waals surface area (Å²) in [6.45, 7) is 3.10. The van der Waals surface area contributed by atoms with E-state index in [2.05, 4.69) is 4.98 Å². The number of fused-ring (bicyclic) bond motifs is 1. The summed E-state index contributed by atoms with van der Waals surface area (Å²) >= 11 is 0. The number of benzene rings is 2. The van der Waals surface area contributed by atoms with Crippen molar-refractivity contribution in [3.05, 3.63) is 82.6 Å². The molecule has 0 spiro atoms. The van der Waals surface area contributed by atoms with E-state index in [9.17, 15) is 9.59 Å². The van der Waals surface area contributed by atoms with E-state index in [1.165, 1.54) is 6.92 Å². The van der Waals surface area contributed by atoms with E-state index in [1.807, 2.05) is 36.4 Å². The van der Waals surface area contributed by atoms with E-state index in [1.54, 1.807) is 31.3 Å². The van der Waals surface area contributed by atoms with Gasteiger partial charge in [0.25, 0.3) is 0 Å². The Bertz CT molecular complexity index is 1360. The first-order valence-electron chi connectivity index (χ1n) is 9.31. The van der Waals surface area contributed by atoms with Gasteiger partial charge >= 0.3 is 5.76 Å². The Morgan fingerprint density at radius 2 is 1.77 bits per heavy atom. The van der Waals surface area contributed by atoms with Gasteiger partial charge < -0.3 is 16.0 Å². The molecule has 0 amide bonds. The van der Waals surface area contributed by atoms with E-state index in [-0.39, 0.29) is 5.78 Å². The second-order valence-electron chi connectivity index (χ2n) is 6.99. The average molecular weight is 400 g/mol. The molecule has 4 N–H and O–H groups in total. The number of carbonyl (C=O) groups is 1. The number of ketones is 1. The summed E-state index contributed by atoms with van der Waals surface area (Å²) in [7, 11) is 0. The molecule has 0 aliphatic rings. The van der Waals surface area contributed by atoms with Gasteiger partial charge in [0.2, 0.25) is 0 Å². The molecule has 150 valence electrons. The molecule has 0 aliphatic carbocycles. The van der Waals surface area contributed by atoms with Crippen molar-refractivity contribution in [1.29, 1.82) is 0 Å². The summed E-state index contributed by atoms with van der Waals surface area (Å²) in [6, 6.07) is 16.8. The third-order valence-electron chi connectivity index (χ3n) is 4.90.